The van der Waals surface area contributed by atoms with E-state index >= 15 is 0 Å². The van der Waals surface area contributed by atoms with Crippen LogP contribution >= 0.6 is 23.2 Å². The fourth-order valence-electron chi connectivity index (χ4n) is 4.38. The molecule has 0 unspecified atom stereocenters. The molecule has 5 rings (SSSR count). The molecule has 1 saturated heterocycles. The molecule has 1 aromatic heterocycles. The van der Waals surface area contributed by atoms with Crippen molar-refractivity contribution in [2.75, 3.05) is 36.4 Å². The molecular formula is C30H25Cl2N3O3. The number of anilines is 2. The molecular weight excluding hydrogens is 521 g/mol. The topological polar surface area (TPSA) is 65.8 Å². The Bertz CT molecular complexity index is 1480. The highest BCUT2D eigenvalue weighted by atomic mass is 35.5. The Morgan fingerprint density at radius 2 is 1.58 bits per heavy atom. The number of rotatable bonds is 6. The zero-order valence-electron chi connectivity index (χ0n) is 20.4. The van der Waals surface area contributed by atoms with Crippen molar-refractivity contribution >= 4 is 52.5 Å². The van der Waals surface area contributed by atoms with Crippen LogP contribution in [0.4, 0.5) is 11.4 Å². The molecule has 2 heterocycles. The van der Waals surface area contributed by atoms with Gasteiger partial charge in [-0.15, -0.1) is 0 Å². The molecule has 0 saturated carbocycles. The van der Waals surface area contributed by atoms with Crippen molar-refractivity contribution < 1.29 is 14.0 Å². The molecule has 6 nitrogen and oxygen atoms in total. The maximum absolute atomic E-state index is 12.8. The minimum atomic E-state index is -0.280. The molecule has 1 N–H and O–H groups in total. The summed E-state index contributed by atoms with van der Waals surface area (Å²) in [4.78, 5) is 29.6. The van der Waals surface area contributed by atoms with Gasteiger partial charge in [0, 0.05) is 48.4 Å². The van der Waals surface area contributed by atoms with Crippen LogP contribution in [0.2, 0.25) is 10.0 Å². The summed E-state index contributed by atoms with van der Waals surface area (Å²) in [5, 5.41) is 4.00. The first-order valence-electron chi connectivity index (χ1n) is 12.2. The Morgan fingerprint density at radius 3 is 2.34 bits per heavy atom. The Morgan fingerprint density at radius 1 is 0.842 bits per heavy atom. The van der Waals surface area contributed by atoms with E-state index in [1.165, 1.54) is 6.08 Å². The van der Waals surface area contributed by atoms with E-state index in [1.54, 1.807) is 36.4 Å². The molecule has 3 aromatic carbocycles. The SMILES string of the molecule is O=C(/C=C/c1ccc(-c2ccc(Cl)cc2Cl)o1)Nc1ccccc1N1CCN(C(=O)c2ccccc2)CC1. The number of halogens is 2. The zero-order valence-corrected chi connectivity index (χ0v) is 22.0. The third-order valence-electron chi connectivity index (χ3n) is 6.31. The Balaban J connectivity index is 1.21. The largest absolute Gasteiger partial charge is 0.457 e. The molecule has 0 spiro atoms. The van der Waals surface area contributed by atoms with Gasteiger partial charge in [0.2, 0.25) is 5.91 Å². The molecule has 0 radical (unpaired) electrons. The monoisotopic (exact) mass is 545 g/mol. The quantitative estimate of drug-likeness (QED) is 0.268. The second kappa shape index (κ2) is 11.6. The van der Waals surface area contributed by atoms with E-state index in [1.807, 2.05) is 59.5 Å². The van der Waals surface area contributed by atoms with Gasteiger partial charge in [0.1, 0.15) is 11.5 Å². The number of para-hydroxylation sites is 2. The van der Waals surface area contributed by atoms with Crippen LogP contribution in [0.3, 0.4) is 0 Å². The number of hydrogen-bond donors (Lipinski definition) is 1. The summed E-state index contributed by atoms with van der Waals surface area (Å²) in [7, 11) is 0. The number of piperazine rings is 1. The number of amides is 2. The number of carbonyl (C=O) groups is 2. The lowest BCUT2D eigenvalue weighted by atomic mass is 10.1. The van der Waals surface area contributed by atoms with Gasteiger partial charge >= 0.3 is 0 Å². The van der Waals surface area contributed by atoms with Gasteiger partial charge in [0.05, 0.1) is 16.4 Å². The van der Waals surface area contributed by atoms with Crippen molar-refractivity contribution in [2.45, 2.75) is 0 Å². The molecule has 0 atom stereocenters. The number of carbonyl (C=O) groups excluding carboxylic acids is 2. The number of furan rings is 1. The van der Waals surface area contributed by atoms with Gasteiger partial charge in [0.15, 0.2) is 0 Å². The Labute approximate surface area is 231 Å². The van der Waals surface area contributed by atoms with Crippen LogP contribution in [0.1, 0.15) is 16.1 Å². The minimum absolute atomic E-state index is 0.0383. The van der Waals surface area contributed by atoms with Gasteiger partial charge in [-0.1, -0.05) is 53.5 Å². The summed E-state index contributed by atoms with van der Waals surface area (Å²) in [6, 6.07) is 25.7. The molecule has 8 heteroatoms. The third-order valence-corrected chi connectivity index (χ3v) is 6.86. The average molecular weight is 546 g/mol. The number of nitrogens with one attached hydrogen (secondary N) is 1. The van der Waals surface area contributed by atoms with Crippen LogP contribution in [0, 0.1) is 0 Å². The highest BCUT2D eigenvalue weighted by Gasteiger charge is 2.23. The molecule has 0 aliphatic carbocycles. The molecule has 192 valence electrons. The van der Waals surface area contributed by atoms with Crippen LogP contribution in [0.25, 0.3) is 17.4 Å². The number of nitrogens with zero attached hydrogens (tertiary/aromatic N) is 2. The maximum atomic E-state index is 12.8. The minimum Gasteiger partial charge on any atom is -0.457 e. The summed E-state index contributed by atoms with van der Waals surface area (Å²) in [5.74, 6) is 0.866. The normalized spacial score (nSPS) is 13.6. The van der Waals surface area contributed by atoms with Crippen molar-refractivity contribution in [3.63, 3.8) is 0 Å². The first-order valence-corrected chi connectivity index (χ1v) is 13.0. The fourth-order valence-corrected chi connectivity index (χ4v) is 4.88. The first-order chi connectivity index (χ1) is 18.5. The standard InChI is InChI=1S/C30H25Cl2N3O3/c31-22-10-13-24(25(32)20-22)28-14-11-23(38-28)12-15-29(36)33-26-8-4-5-9-27(26)34-16-18-35(19-17-34)30(37)21-6-2-1-3-7-21/h1-15,20H,16-19H2,(H,33,36)/b15-12+. The van der Waals surface area contributed by atoms with Gasteiger partial charge in [0.25, 0.3) is 5.91 Å². The van der Waals surface area contributed by atoms with E-state index in [-0.39, 0.29) is 11.8 Å². The zero-order chi connectivity index (χ0) is 26.5. The molecule has 0 bridgehead atoms. The van der Waals surface area contributed by atoms with Crippen molar-refractivity contribution in [2.24, 2.45) is 0 Å². The van der Waals surface area contributed by atoms with Crippen molar-refractivity contribution in [3.05, 3.63) is 112 Å². The van der Waals surface area contributed by atoms with Gasteiger partial charge in [-0.25, -0.2) is 0 Å². The smallest absolute Gasteiger partial charge is 0.253 e. The molecule has 4 aromatic rings. The van der Waals surface area contributed by atoms with Crippen molar-refractivity contribution in [1.29, 1.82) is 0 Å². The summed E-state index contributed by atoms with van der Waals surface area (Å²) >= 11 is 12.2. The van der Waals surface area contributed by atoms with Crippen LogP contribution < -0.4 is 10.2 Å². The third kappa shape index (κ3) is 5.93. The number of benzene rings is 3. The highest BCUT2D eigenvalue weighted by Crippen LogP contribution is 2.32. The predicted molar refractivity (Wildman–Crippen MR) is 153 cm³/mol. The summed E-state index contributed by atoms with van der Waals surface area (Å²) in [6.07, 6.45) is 3.04. The van der Waals surface area contributed by atoms with Crippen LogP contribution in [-0.2, 0) is 4.79 Å². The maximum Gasteiger partial charge on any atom is 0.253 e. The summed E-state index contributed by atoms with van der Waals surface area (Å²) in [6.45, 7) is 2.55. The highest BCUT2D eigenvalue weighted by molar-refractivity contribution is 6.36. The molecule has 1 fully saturated rings. The summed E-state index contributed by atoms with van der Waals surface area (Å²) < 4.78 is 5.84. The van der Waals surface area contributed by atoms with Gasteiger partial charge in [-0.3, -0.25) is 9.59 Å². The molecule has 2 amide bonds. The van der Waals surface area contributed by atoms with Crippen molar-refractivity contribution in [3.8, 4) is 11.3 Å². The second-order valence-electron chi connectivity index (χ2n) is 8.81. The molecule has 1 aliphatic heterocycles. The van der Waals surface area contributed by atoms with Gasteiger partial charge in [-0.05, 0) is 60.7 Å². The van der Waals surface area contributed by atoms with E-state index in [9.17, 15) is 9.59 Å². The lowest BCUT2D eigenvalue weighted by Crippen LogP contribution is -2.49. The first kappa shape index (κ1) is 25.6. The van der Waals surface area contributed by atoms with E-state index in [0.717, 1.165) is 11.3 Å². The van der Waals surface area contributed by atoms with E-state index in [2.05, 4.69) is 10.2 Å². The second-order valence-corrected chi connectivity index (χ2v) is 9.65. The van der Waals surface area contributed by atoms with E-state index < -0.39 is 0 Å². The van der Waals surface area contributed by atoms with E-state index in [4.69, 9.17) is 27.6 Å². The fraction of sp³-hybridized carbons (Fsp3) is 0.133. The van der Waals surface area contributed by atoms with Crippen LogP contribution in [0.15, 0.2) is 95.4 Å². The predicted octanol–water partition coefficient (Wildman–Crippen LogP) is 6.87. The summed E-state index contributed by atoms with van der Waals surface area (Å²) in [5.41, 5.74) is 3.04. The van der Waals surface area contributed by atoms with Gasteiger partial charge in [-0.2, -0.15) is 0 Å². The molecule has 38 heavy (non-hydrogen) atoms. The number of hydrogen-bond acceptors (Lipinski definition) is 4. The Hall–Kier alpha value is -4.00. The van der Waals surface area contributed by atoms with Crippen LogP contribution in [0.5, 0.6) is 0 Å². The molecule has 1 aliphatic rings. The van der Waals surface area contributed by atoms with Gasteiger partial charge < -0.3 is 19.5 Å². The Kier molecular flexibility index (Phi) is 7.82. The van der Waals surface area contributed by atoms with E-state index in [0.29, 0.717) is 59.0 Å². The average Bonchev–Trinajstić information content (AvgIpc) is 3.41. The lowest BCUT2D eigenvalue weighted by molar-refractivity contribution is -0.111. The lowest BCUT2D eigenvalue weighted by Gasteiger charge is -2.37. The van der Waals surface area contributed by atoms with Crippen LogP contribution in [-0.4, -0.2) is 42.9 Å². The van der Waals surface area contributed by atoms with Crippen molar-refractivity contribution in [1.82, 2.24) is 4.90 Å².